The van der Waals surface area contributed by atoms with Gasteiger partial charge in [-0.2, -0.15) is 13.2 Å². The van der Waals surface area contributed by atoms with E-state index in [1.807, 2.05) is 0 Å². The van der Waals surface area contributed by atoms with E-state index in [4.69, 9.17) is 5.73 Å². The minimum atomic E-state index is -4.46. The van der Waals surface area contributed by atoms with Crippen molar-refractivity contribution in [3.05, 3.63) is 23.8 Å². The van der Waals surface area contributed by atoms with Crippen molar-refractivity contribution < 1.29 is 22.7 Å². The Morgan fingerprint density at radius 3 is 2.67 bits per heavy atom. The van der Waals surface area contributed by atoms with Crippen molar-refractivity contribution in [2.75, 3.05) is 18.6 Å². The minimum Gasteiger partial charge on any atom is -0.469 e. The highest BCUT2D eigenvalue weighted by atomic mass is 32.2. The average Bonchev–Trinajstić information content (AvgIpc) is 2.29. The highest BCUT2D eigenvalue weighted by molar-refractivity contribution is 7.99. The Bertz CT molecular complexity index is 435. The number of ether oxygens (including phenoxy) is 1. The molecule has 3 nitrogen and oxygen atoms in total. The number of hydrogen-bond donors (Lipinski definition) is 1. The lowest BCUT2D eigenvalue weighted by Crippen LogP contribution is -2.08. The zero-order chi connectivity index (χ0) is 13.8. The highest BCUT2D eigenvalue weighted by Gasteiger charge is 2.33. The van der Waals surface area contributed by atoms with E-state index in [-0.39, 0.29) is 22.8 Å². The van der Waals surface area contributed by atoms with Gasteiger partial charge >= 0.3 is 12.1 Å². The molecule has 0 aliphatic rings. The summed E-state index contributed by atoms with van der Waals surface area (Å²) in [6.45, 7) is 0. The fourth-order valence-electron chi connectivity index (χ4n) is 1.24. The summed E-state index contributed by atoms with van der Waals surface area (Å²) in [5.74, 6) is -0.230. The van der Waals surface area contributed by atoms with Crippen LogP contribution in [0.5, 0.6) is 0 Å². The van der Waals surface area contributed by atoms with Crippen molar-refractivity contribution >= 4 is 23.4 Å². The summed E-state index contributed by atoms with van der Waals surface area (Å²) in [6, 6.07) is 3.59. The molecule has 0 heterocycles. The van der Waals surface area contributed by atoms with Crippen molar-refractivity contribution in [1.82, 2.24) is 0 Å². The predicted octanol–water partition coefficient (Wildman–Crippen LogP) is 2.94. The summed E-state index contributed by atoms with van der Waals surface area (Å²) >= 11 is 0.950. The van der Waals surface area contributed by atoms with Gasteiger partial charge in [-0.3, -0.25) is 4.79 Å². The van der Waals surface area contributed by atoms with E-state index in [1.54, 1.807) is 0 Å². The average molecular weight is 279 g/mol. The van der Waals surface area contributed by atoms with Crippen LogP contribution in [0.2, 0.25) is 0 Å². The van der Waals surface area contributed by atoms with Crippen LogP contribution in [0, 0.1) is 0 Å². The van der Waals surface area contributed by atoms with Crippen LogP contribution in [0.25, 0.3) is 0 Å². The Kier molecular flexibility index (Phi) is 4.89. The number of benzene rings is 1. The number of hydrogen-bond acceptors (Lipinski definition) is 4. The molecule has 0 radical (unpaired) electrons. The number of esters is 1. The molecule has 18 heavy (non-hydrogen) atoms. The molecule has 0 aliphatic heterocycles. The fourth-order valence-corrected chi connectivity index (χ4v) is 2.22. The van der Waals surface area contributed by atoms with Gasteiger partial charge in [0, 0.05) is 16.3 Å². The maximum Gasteiger partial charge on any atom is 0.417 e. The maximum absolute atomic E-state index is 12.7. The maximum atomic E-state index is 12.7. The van der Waals surface area contributed by atoms with E-state index < -0.39 is 17.7 Å². The molecule has 0 aromatic heterocycles. The van der Waals surface area contributed by atoms with Crippen molar-refractivity contribution in [3.8, 4) is 0 Å². The molecule has 100 valence electrons. The Labute approximate surface area is 106 Å². The summed E-state index contributed by atoms with van der Waals surface area (Å²) < 4.78 is 42.6. The third-order valence-electron chi connectivity index (χ3n) is 2.10. The molecule has 0 amide bonds. The minimum absolute atomic E-state index is 0.0552. The lowest BCUT2D eigenvalue weighted by molar-refractivity contribution is -0.140. The lowest BCUT2D eigenvalue weighted by atomic mass is 10.2. The molecule has 0 bridgehead atoms. The molecular formula is C11H12F3NO2S. The highest BCUT2D eigenvalue weighted by Crippen LogP contribution is 2.37. The molecule has 0 spiro atoms. The number of carbonyl (C=O) groups excluding carboxylic acids is 1. The van der Waals surface area contributed by atoms with Gasteiger partial charge < -0.3 is 10.5 Å². The Morgan fingerprint density at radius 1 is 1.44 bits per heavy atom. The Hall–Kier alpha value is -1.37. The van der Waals surface area contributed by atoms with Gasteiger partial charge in [-0.1, -0.05) is 0 Å². The number of nitrogens with two attached hydrogens (primary N) is 1. The normalized spacial score (nSPS) is 11.3. The Morgan fingerprint density at radius 2 is 2.11 bits per heavy atom. The van der Waals surface area contributed by atoms with Crippen molar-refractivity contribution in [2.45, 2.75) is 17.5 Å². The van der Waals surface area contributed by atoms with Crippen molar-refractivity contribution in [2.24, 2.45) is 0 Å². The summed E-state index contributed by atoms with van der Waals surface area (Å²) in [6.07, 6.45) is -4.40. The van der Waals surface area contributed by atoms with Gasteiger partial charge in [0.15, 0.2) is 0 Å². The van der Waals surface area contributed by atoms with E-state index in [0.717, 1.165) is 17.8 Å². The second-order valence-corrected chi connectivity index (χ2v) is 4.56. The molecule has 0 saturated carbocycles. The van der Waals surface area contributed by atoms with Crippen LogP contribution in [-0.4, -0.2) is 18.8 Å². The smallest absolute Gasteiger partial charge is 0.417 e. The number of nitrogen functional groups attached to an aromatic ring is 1. The molecule has 0 saturated heterocycles. The number of alkyl halides is 3. The monoisotopic (exact) mass is 279 g/mol. The summed E-state index contributed by atoms with van der Waals surface area (Å²) in [4.78, 5) is 10.9. The van der Waals surface area contributed by atoms with Gasteiger partial charge in [-0.25, -0.2) is 0 Å². The van der Waals surface area contributed by atoms with E-state index in [0.29, 0.717) is 0 Å². The molecule has 1 aromatic rings. The van der Waals surface area contributed by atoms with Gasteiger partial charge in [-0.15, -0.1) is 11.8 Å². The van der Waals surface area contributed by atoms with Crippen LogP contribution in [0.4, 0.5) is 18.9 Å². The van der Waals surface area contributed by atoms with E-state index in [1.165, 1.54) is 19.2 Å². The predicted molar refractivity (Wildman–Crippen MR) is 63.2 cm³/mol. The van der Waals surface area contributed by atoms with Gasteiger partial charge in [0.05, 0.1) is 19.1 Å². The summed E-state index contributed by atoms with van der Waals surface area (Å²) in [5, 5.41) is 0. The first kappa shape index (κ1) is 14.7. The molecule has 1 aromatic carbocycles. The number of halogens is 3. The molecule has 1 rings (SSSR count). The number of thioether (sulfide) groups is 1. The van der Waals surface area contributed by atoms with Crippen LogP contribution in [-0.2, 0) is 15.7 Å². The number of carbonyl (C=O) groups is 1. The molecule has 7 heteroatoms. The molecule has 0 fully saturated rings. The number of rotatable bonds is 4. The molecule has 2 N–H and O–H groups in total. The standard InChI is InChI=1S/C11H12F3NO2S/c1-17-10(16)4-5-18-9-3-2-7(15)6-8(9)11(12,13)14/h2-3,6H,4-5,15H2,1H3. The van der Waals surface area contributed by atoms with Crippen LogP contribution < -0.4 is 5.73 Å². The molecule has 0 aliphatic carbocycles. The summed E-state index contributed by atoms with van der Waals surface area (Å²) in [5.41, 5.74) is 4.61. The first-order chi connectivity index (χ1) is 8.34. The number of methoxy groups -OCH3 is 1. The summed E-state index contributed by atoms with van der Waals surface area (Å²) in [7, 11) is 1.23. The molecular weight excluding hydrogens is 267 g/mol. The third-order valence-corrected chi connectivity index (χ3v) is 3.18. The van der Waals surface area contributed by atoms with Gasteiger partial charge in [-0.05, 0) is 18.2 Å². The first-order valence-electron chi connectivity index (χ1n) is 5.01. The second kappa shape index (κ2) is 5.99. The van der Waals surface area contributed by atoms with E-state index >= 15 is 0 Å². The van der Waals surface area contributed by atoms with Crippen LogP contribution in [0.1, 0.15) is 12.0 Å². The Balaban J connectivity index is 2.79. The van der Waals surface area contributed by atoms with E-state index in [9.17, 15) is 18.0 Å². The first-order valence-corrected chi connectivity index (χ1v) is 5.99. The third kappa shape index (κ3) is 4.14. The second-order valence-electron chi connectivity index (χ2n) is 3.43. The zero-order valence-corrected chi connectivity index (χ0v) is 10.4. The quantitative estimate of drug-likeness (QED) is 0.523. The van der Waals surface area contributed by atoms with Crippen LogP contribution in [0.15, 0.2) is 23.1 Å². The van der Waals surface area contributed by atoms with Crippen molar-refractivity contribution in [1.29, 1.82) is 0 Å². The van der Waals surface area contributed by atoms with Crippen LogP contribution >= 0.6 is 11.8 Å². The topological polar surface area (TPSA) is 52.3 Å². The van der Waals surface area contributed by atoms with Crippen molar-refractivity contribution in [3.63, 3.8) is 0 Å². The van der Waals surface area contributed by atoms with Crippen LogP contribution in [0.3, 0.4) is 0 Å². The lowest BCUT2D eigenvalue weighted by Gasteiger charge is -2.12. The van der Waals surface area contributed by atoms with Gasteiger partial charge in [0.25, 0.3) is 0 Å². The van der Waals surface area contributed by atoms with E-state index in [2.05, 4.69) is 4.74 Å². The fraction of sp³-hybridized carbons (Fsp3) is 0.364. The van der Waals surface area contributed by atoms with Gasteiger partial charge in [0.1, 0.15) is 0 Å². The number of anilines is 1. The largest absolute Gasteiger partial charge is 0.469 e. The zero-order valence-electron chi connectivity index (χ0n) is 9.58. The SMILES string of the molecule is COC(=O)CCSc1ccc(N)cc1C(F)(F)F. The van der Waals surface area contributed by atoms with Gasteiger partial charge in [0.2, 0.25) is 0 Å². The molecule has 0 unspecified atom stereocenters. The molecule has 0 atom stereocenters.